The van der Waals surface area contributed by atoms with Crippen molar-refractivity contribution < 1.29 is 8.42 Å². The molecule has 0 amide bonds. The summed E-state index contributed by atoms with van der Waals surface area (Å²) < 4.78 is 31.5. The van der Waals surface area contributed by atoms with Gasteiger partial charge in [-0.15, -0.1) is 0 Å². The van der Waals surface area contributed by atoms with Crippen molar-refractivity contribution in [3.05, 3.63) is 42.2 Å². The van der Waals surface area contributed by atoms with Crippen LogP contribution in [0.25, 0.3) is 16.9 Å². The second kappa shape index (κ2) is 8.24. The summed E-state index contributed by atoms with van der Waals surface area (Å²) in [5.41, 5.74) is 4.40. The van der Waals surface area contributed by atoms with Gasteiger partial charge in [0.1, 0.15) is 5.00 Å². The first kappa shape index (κ1) is 21.0. The van der Waals surface area contributed by atoms with Crippen LogP contribution in [0.2, 0.25) is 0 Å². The molecule has 168 valence electrons. The van der Waals surface area contributed by atoms with Crippen molar-refractivity contribution in [2.45, 2.75) is 13.5 Å². The summed E-state index contributed by atoms with van der Waals surface area (Å²) in [4.78, 5) is 11.4. The van der Waals surface area contributed by atoms with Gasteiger partial charge < -0.3 is 5.32 Å². The zero-order chi connectivity index (χ0) is 22.3. The Morgan fingerprint density at radius 1 is 1.22 bits per heavy atom. The predicted molar refractivity (Wildman–Crippen MR) is 122 cm³/mol. The number of nitrogens with one attached hydrogen (secondary N) is 2. The Morgan fingerprint density at radius 2 is 2.03 bits per heavy atom. The fourth-order valence-corrected chi connectivity index (χ4v) is 5.29. The minimum atomic E-state index is -3.12. The van der Waals surface area contributed by atoms with Crippen molar-refractivity contribution in [1.82, 2.24) is 38.1 Å². The van der Waals surface area contributed by atoms with E-state index in [2.05, 4.69) is 34.8 Å². The lowest BCUT2D eigenvalue weighted by Gasteiger charge is -2.32. The number of rotatable bonds is 6. The average molecular weight is 474 g/mol. The van der Waals surface area contributed by atoms with Gasteiger partial charge in [-0.05, 0) is 24.5 Å². The Kier molecular flexibility index (Phi) is 5.41. The Hall–Kier alpha value is -2.87. The molecule has 0 atom stereocenters. The van der Waals surface area contributed by atoms with Gasteiger partial charge >= 0.3 is 0 Å². The monoisotopic (exact) mass is 473 g/mol. The molecule has 0 saturated carbocycles. The second-order valence-electron chi connectivity index (χ2n) is 7.80. The normalized spacial score (nSPS) is 16.1. The third kappa shape index (κ3) is 4.24. The molecule has 1 aliphatic rings. The van der Waals surface area contributed by atoms with Crippen molar-refractivity contribution >= 4 is 38.0 Å². The summed E-state index contributed by atoms with van der Waals surface area (Å²) >= 11 is 1.37. The molecule has 0 bridgehead atoms. The molecule has 5 rings (SSSR count). The maximum Gasteiger partial charge on any atom is 0.211 e. The molecule has 13 heteroatoms. The number of aromatic amines is 1. The van der Waals surface area contributed by atoms with Crippen molar-refractivity contribution in [3.8, 4) is 11.3 Å². The Balaban J connectivity index is 1.31. The molecule has 0 unspecified atom stereocenters. The minimum absolute atomic E-state index is 0.512. The SMILES string of the molecule is Cc1cn2c(-c3cn[nH]c3)cnc2c(Nc2cc(CN3CCN(S(C)(=O)=O)CC3)ns2)n1. The van der Waals surface area contributed by atoms with Crippen LogP contribution in [0.5, 0.6) is 0 Å². The molecule has 32 heavy (non-hydrogen) atoms. The molecule has 2 N–H and O–H groups in total. The Labute approximate surface area is 189 Å². The van der Waals surface area contributed by atoms with Crippen molar-refractivity contribution in [1.29, 1.82) is 0 Å². The number of imidazole rings is 1. The first-order valence-corrected chi connectivity index (χ1v) is 12.7. The number of aromatic nitrogens is 6. The molecule has 1 fully saturated rings. The number of fused-ring (bicyclic) bond motifs is 1. The zero-order valence-electron chi connectivity index (χ0n) is 17.7. The van der Waals surface area contributed by atoms with E-state index in [1.165, 1.54) is 22.1 Å². The van der Waals surface area contributed by atoms with Gasteiger partial charge in [0.25, 0.3) is 0 Å². The largest absolute Gasteiger partial charge is 0.328 e. The smallest absolute Gasteiger partial charge is 0.211 e. The van der Waals surface area contributed by atoms with E-state index in [1.807, 2.05) is 29.8 Å². The van der Waals surface area contributed by atoms with Gasteiger partial charge in [0.15, 0.2) is 11.5 Å². The van der Waals surface area contributed by atoms with E-state index in [9.17, 15) is 8.42 Å². The first-order chi connectivity index (χ1) is 15.4. The molecular weight excluding hydrogens is 450 g/mol. The number of aryl methyl sites for hydroxylation is 1. The molecule has 1 saturated heterocycles. The minimum Gasteiger partial charge on any atom is -0.328 e. The van der Waals surface area contributed by atoms with Crippen LogP contribution in [0.15, 0.2) is 30.9 Å². The molecule has 5 heterocycles. The fraction of sp³-hybridized carbons (Fsp3) is 0.368. The lowest BCUT2D eigenvalue weighted by molar-refractivity contribution is 0.181. The summed E-state index contributed by atoms with van der Waals surface area (Å²) in [5, 5.41) is 11.1. The van der Waals surface area contributed by atoms with Crippen LogP contribution >= 0.6 is 11.5 Å². The van der Waals surface area contributed by atoms with Crippen LogP contribution in [0.1, 0.15) is 11.4 Å². The van der Waals surface area contributed by atoms with E-state index in [0.717, 1.165) is 33.3 Å². The Bertz CT molecular complexity index is 1340. The van der Waals surface area contributed by atoms with Crippen LogP contribution in [-0.4, -0.2) is 79.0 Å². The van der Waals surface area contributed by atoms with E-state index in [-0.39, 0.29) is 0 Å². The molecule has 0 radical (unpaired) electrons. The van der Waals surface area contributed by atoms with Gasteiger partial charge in [-0.2, -0.15) is 13.8 Å². The molecule has 4 aromatic heterocycles. The van der Waals surface area contributed by atoms with Gasteiger partial charge in [0, 0.05) is 50.7 Å². The number of sulfonamides is 1. The third-order valence-electron chi connectivity index (χ3n) is 5.39. The van der Waals surface area contributed by atoms with Crippen LogP contribution in [0.3, 0.4) is 0 Å². The summed E-state index contributed by atoms with van der Waals surface area (Å²) in [6.45, 7) is 5.03. The van der Waals surface area contributed by atoms with Crippen molar-refractivity contribution in [2.75, 3.05) is 37.8 Å². The quantitative estimate of drug-likeness (QED) is 0.434. The van der Waals surface area contributed by atoms with Gasteiger partial charge in [-0.3, -0.25) is 14.4 Å². The topological polar surface area (TPSA) is 124 Å². The van der Waals surface area contributed by atoms with Crippen molar-refractivity contribution in [2.24, 2.45) is 0 Å². The van der Waals surface area contributed by atoms with Crippen molar-refractivity contribution in [3.63, 3.8) is 0 Å². The maximum absolute atomic E-state index is 11.7. The molecule has 0 aromatic carbocycles. The second-order valence-corrected chi connectivity index (χ2v) is 10.6. The standard InChI is InChI=1S/C19H23N9O2S2/c1-13-11-28-16(14-8-21-22-9-14)10-20-19(28)18(23-13)24-17-7-15(25-31-17)12-26-3-5-27(6-4-26)32(2,29)30/h7-11H,3-6,12H2,1-2H3,(H,21,22)(H,23,24). The molecule has 0 spiro atoms. The average Bonchev–Trinajstić information content (AvgIpc) is 3.48. The first-order valence-electron chi connectivity index (χ1n) is 10.1. The lowest BCUT2D eigenvalue weighted by atomic mass is 10.3. The number of nitrogens with zero attached hydrogens (tertiary/aromatic N) is 7. The van der Waals surface area contributed by atoms with Crippen LogP contribution in [-0.2, 0) is 16.6 Å². The summed E-state index contributed by atoms with van der Waals surface area (Å²) in [7, 11) is -3.12. The summed E-state index contributed by atoms with van der Waals surface area (Å²) in [6, 6.07) is 2.01. The van der Waals surface area contributed by atoms with Crippen LogP contribution in [0.4, 0.5) is 10.8 Å². The number of anilines is 2. The van der Waals surface area contributed by atoms with E-state index >= 15 is 0 Å². The van der Waals surface area contributed by atoms with Gasteiger partial charge in [0.05, 0.1) is 35.7 Å². The molecule has 4 aromatic rings. The molecule has 11 nitrogen and oxygen atoms in total. The number of hydrogen-bond donors (Lipinski definition) is 2. The highest BCUT2D eigenvalue weighted by atomic mass is 32.2. The summed E-state index contributed by atoms with van der Waals surface area (Å²) in [6.07, 6.45) is 8.61. The highest BCUT2D eigenvalue weighted by molar-refractivity contribution is 7.88. The van der Waals surface area contributed by atoms with Gasteiger partial charge in [0.2, 0.25) is 10.0 Å². The lowest BCUT2D eigenvalue weighted by Crippen LogP contribution is -2.47. The number of H-pyrrole nitrogens is 1. The Morgan fingerprint density at radius 3 is 2.75 bits per heavy atom. The van der Waals surface area contributed by atoms with E-state index < -0.39 is 10.0 Å². The summed E-state index contributed by atoms with van der Waals surface area (Å²) in [5.74, 6) is 0.664. The van der Waals surface area contributed by atoms with E-state index in [1.54, 1.807) is 12.4 Å². The van der Waals surface area contributed by atoms with Gasteiger partial charge in [-0.1, -0.05) is 0 Å². The van der Waals surface area contributed by atoms with Crippen LogP contribution < -0.4 is 5.32 Å². The van der Waals surface area contributed by atoms with Gasteiger partial charge in [-0.25, -0.2) is 18.4 Å². The van der Waals surface area contributed by atoms with E-state index in [4.69, 9.17) is 0 Å². The van der Waals surface area contributed by atoms with E-state index in [0.29, 0.717) is 38.5 Å². The molecular formula is C19H23N9O2S2. The third-order valence-corrected chi connectivity index (χ3v) is 7.44. The fourth-order valence-electron chi connectivity index (χ4n) is 3.81. The highest BCUT2D eigenvalue weighted by Gasteiger charge is 2.24. The molecule has 1 aliphatic heterocycles. The van der Waals surface area contributed by atoms with Crippen LogP contribution in [0, 0.1) is 6.92 Å². The highest BCUT2D eigenvalue weighted by Crippen LogP contribution is 2.27. The zero-order valence-corrected chi connectivity index (χ0v) is 19.3. The predicted octanol–water partition coefficient (Wildman–Crippen LogP) is 1.71. The molecule has 0 aliphatic carbocycles. The maximum atomic E-state index is 11.7. The number of piperazine rings is 1. The number of hydrogen-bond acceptors (Lipinski definition) is 9.